The van der Waals surface area contributed by atoms with Crippen molar-refractivity contribution in [1.82, 2.24) is 20.0 Å². The molecule has 4 aromatic rings. The number of ether oxygens (including phenoxy) is 2. The Balaban J connectivity index is 1.49. The van der Waals surface area contributed by atoms with E-state index in [2.05, 4.69) is 26.5 Å². The number of nitriles is 1. The molecule has 2 heterocycles. The first-order valence-corrected chi connectivity index (χ1v) is 11.5. The molecule has 0 bridgehead atoms. The molecule has 188 valence electrons. The van der Waals surface area contributed by atoms with Crippen LogP contribution in [0.5, 0.6) is 11.5 Å². The number of rotatable bonds is 9. The number of likely N-dealkylation sites (N-methyl/N-ethyl adjacent to an activating group) is 1. The van der Waals surface area contributed by atoms with E-state index >= 15 is 0 Å². The van der Waals surface area contributed by atoms with Crippen molar-refractivity contribution in [3.8, 4) is 40.1 Å². The summed E-state index contributed by atoms with van der Waals surface area (Å²) in [5.74, 6) is 1.94. The molecule has 0 saturated heterocycles. The Morgan fingerprint density at radius 1 is 1.11 bits per heavy atom. The molecule has 10 heteroatoms. The second kappa shape index (κ2) is 11.3. The number of nitrogens with zero attached hydrogens (tertiary/aromatic N) is 5. The van der Waals surface area contributed by atoms with Crippen LogP contribution in [0.15, 0.2) is 59.3 Å². The fourth-order valence-electron chi connectivity index (χ4n) is 3.52. The first-order chi connectivity index (χ1) is 17.9. The number of pyridine rings is 1. The van der Waals surface area contributed by atoms with Crippen molar-refractivity contribution >= 4 is 11.7 Å². The third kappa shape index (κ3) is 6.09. The lowest BCUT2D eigenvalue weighted by Crippen LogP contribution is -2.20. The van der Waals surface area contributed by atoms with Crippen LogP contribution in [0.4, 0.5) is 5.82 Å². The Hall–Kier alpha value is -4.75. The van der Waals surface area contributed by atoms with Crippen LogP contribution < -0.4 is 14.8 Å². The molecule has 2 aromatic carbocycles. The summed E-state index contributed by atoms with van der Waals surface area (Å²) >= 11 is 0. The highest BCUT2D eigenvalue weighted by atomic mass is 16.5. The Kier molecular flexibility index (Phi) is 7.76. The van der Waals surface area contributed by atoms with E-state index in [4.69, 9.17) is 14.0 Å². The third-order valence-electron chi connectivity index (χ3n) is 5.47. The Morgan fingerprint density at radius 2 is 1.86 bits per heavy atom. The zero-order valence-electron chi connectivity index (χ0n) is 21.0. The molecule has 10 nitrogen and oxygen atoms in total. The van der Waals surface area contributed by atoms with Gasteiger partial charge in [0, 0.05) is 36.2 Å². The van der Waals surface area contributed by atoms with Crippen molar-refractivity contribution in [2.75, 3.05) is 39.7 Å². The molecule has 0 radical (unpaired) electrons. The second-order valence-corrected chi connectivity index (χ2v) is 8.41. The highest BCUT2D eigenvalue weighted by Gasteiger charge is 2.14. The number of aromatic nitrogens is 3. The Labute approximate surface area is 214 Å². The third-order valence-corrected chi connectivity index (χ3v) is 5.47. The predicted molar refractivity (Wildman–Crippen MR) is 137 cm³/mol. The topological polar surface area (TPSA) is 126 Å². The van der Waals surface area contributed by atoms with Gasteiger partial charge in [0.2, 0.25) is 11.7 Å². The summed E-state index contributed by atoms with van der Waals surface area (Å²) in [4.78, 5) is 23.2. The lowest BCUT2D eigenvalue weighted by Gasteiger charge is -2.13. The summed E-state index contributed by atoms with van der Waals surface area (Å²) in [5.41, 5.74) is 3.25. The van der Waals surface area contributed by atoms with Gasteiger partial charge in [0.05, 0.1) is 13.3 Å². The molecule has 37 heavy (non-hydrogen) atoms. The molecule has 0 saturated carbocycles. The standard InChI is InChI=1S/C27H26N6O4/c1-17-30-26(32-37-17)20-9-10-22(24(13-20)35-4)18-5-7-19(8-6-18)27(34)31-25-14-23(21(15-28)16-29-25)36-12-11-33(2)3/h5-10,13-14,16H,11-12H2,1-4H3,(H,29,31,34). The van der Waals surface area contributed by atoms with Crippen LogP contribution in [0.2, 0.25) is 0 Å². The summed E-state index contributed by atoms with van der Waals surface area (Å²) in [7, 11) is 5.45. The summed E-state index contributed by atoms with van der Waals surface area (Å²) in [5, 5.41) is 16.0. The molecule has 0 spiro atoms. The normalized spacial score (nSPS) is 10.7. The van der Waals surface area contributed by atoms with Crippen molar-refractivity contribution in [1.29, 1.82) is 5.26 Å². The lowest BCUT2D eigenvalue weighted by molar-refractivity contribution is 0.102. The maximum atomic E-state index is 12.8. The fourth-order valence-corrected chi connectivity index (χ4v) is 3.52. The molecule has 0 aliphatic carbocycles. The van der Waals surface area contributed by atoms with Crippen LogP contribution in [-0.2, 0) is 0 Å². The van der Waals surface area contributed by atoms with E-state index in [1.807, 2.05) is 49.3 Å². The maximum Gasteiger partial charge on any atom is 0.256 e. The first kappa shape index (κ1) is 25.3. The van der Waals surface area contributed by atoms with Gasteiger partial charge in [-0.15, -0.1) is 0 Å². The van der Waals surface area contributed by atoms with Gasteiger partial charge in [0.15, 0.2) is 0 Å². The molecule has 2 aromatic heterocycles. The Morgan fingerprint density at radius 3 is 2.51 bits per heavy atom. The molecule has 0 unspecified atom stereocenters. The molecule has 0 fully saturated rings. The van der Waals surface area contributed by atoms with Crippen molar-refractivity contribution in [2.24, 2.45) is 0 Å². The smallest absolute Gasteiger partial charge is 0.256 e. The van der Waals surface area contributed by atoms with Gasteiger partial charge in [-0.25, -0.2) is 4.98 Å². The number of aryl methyl sites for hydroxylation is 1. The van der Waals surface area contributed by atoms with E-state index in [-0.39, 0.29) is 5.91 Å². The first-order valence-electron chi connectivity index (χ1n) is 11.5. The van der Waals surface area contributed by atoms with Crippen molar-refractivity contribution in [3.05, 3.63) is 71.7 Å². The van der Waals surface area contributed by atoms with Crippen molar-refractivity contribution in [2.45, 2.75) is 6.92 Å². The number of benzene rings is 2. The number of methoxy groups -OCH3 is 1. The minimum atomic E-state index is -0.335. The summed E-state index contributed by atoms with van der Waals surface area (Å²) in [6.07, 6.45) is 1.38. The van der Waals surface area contributed by atoms with Gasteiger partial charge >= 0.3 is 0 Å². The van der Waals surface area contributed by atoms with Crippen LogP contribution in [0.3, 0.4) is 0 Å². The number of hydrogen-bond acceptors (Lipinski definition) is 9. The van der Waals surface area contributed by atoms with Crippen LogP contribution in [0, 0.1) is 18.3 Å². The number of nitrogens with one attached hydrogen (secondary N) is 1. The number of hydrogen-bond donors (Lipinski definition) is 1. The number of carbonyl (C=O) groups is 1. The van der Waals surface area contributed by atoms with Gasteiger partial charge in [-0.3, -0.25) is 4.79 Å². The van der Waals surface area contributed by atoms with Gasteiger partial charge in [-0.1, -0.05) is 23.4 Å². The zero-order valence-corrected chi connectivity index (χ0v) is 21.0. The van der Waals surface area contributed by atoms with Crippen LogP contribution >= 0.6 is 0 Å². The van der Waals surface area contributed by atoms with Crippen LogP contribution in [0.25, 0.3) is 22.5 Å². The van der Waals surface area contributed by atoms with E-state index in [0.29, 0.717) is 53.3 Å². The molecule has 1 N–H and O–H groups in total. The summed E-state index contributed by atoms with van der Waals surface area (Å²) in [6, 6.07) is 16.4. The van der Waals surface area contributed by atoms with E-state index in [9.17, 15) is 10.1 Å². The fraction of sp³-hybridized carbons (Fsp3) is 0.222. The summed E-state index contributed by atoms with van der Waals surface area (Å²) < 4.78 is 16.4. The molecule has 0 atom stereocenters. The molecular weight excluding hydrogens is 472 g/mol. The molecule has 0 aliphatic heterocycles. The van der Waals surface area contributed by atoms with Crippen LogP contribution in [0.1, 0.15) is 21.8 Å². The molecule has 1 amide bonds. The molecular formula is C27H26N6O4. The average molecular weight is 499 g/mol. The highest BCUT2D eigenvalue weighted by Crippen LogP contribution is 2.33. The van der Waals surface area contributed by atoms with E-state index in [1.165, 1.54) is 6.20 Å². The van der Waals surface area contributed by atoms with Gasteiger partial charge in [-0.2, -0.15) is 10.2 Å². The summed E-state index contributed by atoms with van der Waals surface area (Å²) in [6.45, 7) is 2.82. The Bertz CT molecular complexity index is 1440. The van der Waals surface area contributed by atoms with E-state index < -0.39 is 0 Å². The van der Waals surface area contributed by atoms with Crippen molar-refractivity contribution in [3.63, 3.8) is 0 Å². The minimum absolute atomic E-state index is 0.293. The molecule has 0 aliphatic rings. The number of anilines is 1. The molecule has 4 rings (SSSR count). The van der Waals surface area contributed by atoms with Gasteiger partial charge in [0.25, 0.3) is 5.91 Å². The van der Waals surface area contributed by atoms with Gasteiger partial charge < -0.3 is 24.2 Å². The van der Waals surface area contributed by atoms with Crippen molar-refractivity contribution < 1.29 is 18.8 Å². The van der Waals surface area contributed by atoms with Crippen LogP contribution in [-0.4, -0.2) is 60.3 Å². The minimum Gasteiger partial charge on any atom is -0.496 e. The maximum absolute atomic E-state index is 12.8. The second-order valence-electron chi connectivity index (χ2n) is 8.41. The number of carbonyl (C=O) groups excluding carboxylic acids is 1. The quantitative estimate of drug-likeness (QED) is 0.361. The average Bonchev–Trinajstić information content (AvgIpc) is 3.34. The zero-order chi connectivity index (χ0) is 26.4. The predicted octanol–water partition coefficient (Wildman–Crippen LogP) is 4.18. The van der Waals surface area contributed by atoms with E-state index in [0.717, 1.165) is 16.7 Å². The van der Waals surface area contributed by atoms with Gasteiger partial charge in [-0.05, 0) is 43.9 Å². The highest BCUT2D eigenvalue weighted by molar-refractivity contribution is 6.04. The number of amides is 1. The van der Waals surface area contributed by atoms with E-state index in [1.54, 1.807) is 32.2 Å². The monoisotopic (exact) mass is 498 g/mol. The van der Waals surface area contributed by atoms with Gasteiger partial charge in [0.1, 0.15) is 35.6 Å². The SMILES string of the molecule is COc1cc(-c2noc(C)n2)ccc1-c1ccc(C(=O)Nc2cc(OCCN(C)C)c(C#N)cn2)cc1. The lowest BCUT2D eigenvalue weighted by atomic mass is 10.0. The largest absolute Gasteiger partial charge is 0.496 e.